The van der Waals surface area contributed by atoms with Crippen LogP contribution in [0.4, 0.5) is 5.82 Å². The third-order valence-corrected chi connectivity index (χ3v) is 2.79. The third kappa shape index (κ3) is 2.99. The van der Waals surface area contributed by atoms with Gasteiger partial charge < -0.3 is 4.90 Å². The molecule has 0 aliphatic carbocycles. The van der Waals surface area contributed by atoms with Gasteiger partial charge in [0.2, 0.25) is 6.08 Å². The number of nitrogens with zero attached hydrogens (tertiary/aromatic N) is 4. The molecule has 1 aromatic heterocycles. The minimum Gasteiger partial charge on any atom is -0.309 e. The number of aliphatic imine (C=N–C) groups is 1. The second-order valence-corrected chi connectivity index (χ2v) is 4.26. The van der Waals surface area contributed by atoms with Crippen LogP contribution in [0.3, 0.4) is 0 Å². The summed E-state index contributed by atoms with van der Waals surface area (Å²) < 4.78 is 2.34. The van der Waals surface area contributed by atoms with Crippen LogP contribution < -0.4 is 0 Å². The van der Waals surface area contributed by atoms with E-state index in [-0.39, 0.29) is 0 Å². The summed E-state index contributed by atoms with van der Waals surface area (Å²) in [4.78, 5) is 15.9. The average molecular weight is 273 g/mol. The van der Waals surface area contributed by atoms with Gasteiger partial charge in [0.25, 0.3) is 0 Å². The minimum atomic E-state index is 0.513. The van der Waals surface area contributed by atoms with Gasteiger partial charge in [0.15, 0.2) is 5.82 Å². The van der Waals surface area contributed by atoms with Crippen LogP contribution in [-0.4, -0.2) is 41.4 Å². The molecule has 0 aliphatic rings. The van der Waals surface area contributed by atoms with Gasteiger partial charge in [-0.05, 0) is 30.0 Å². The van der Waals surface area contributed by atoms with Crippen molar-refractivity contribution >= 4 is 27.8 Å². The van der Waals surface area contributed by atoms with Crippen LogP contribution in [0.25, 0.3) is 0 Å². The molecule has 0 radical (unpaired) electrons. The number of carbonyl (C=O) groups excluding carboxylic acids is 1. The van der Waals surface area contributed by atoms with Gasteiger partial charge in [0, 0.05) is 20.0 Å². The Kier molecular flexibility index (Phi) is 4.20. The van der Waals surface area contributed by atoms with E-state index < -0.39 is 0 Å². The number of rotatable bonds is 4. The van der Waals surface area contributed by atoms with Crippen molar-refractivity contribution in [2.45, 2.75) is 6.42 Å². The summed E-state index contributed by atoms with van der Waals surface area (Å²) in [5.41, 5.74) is 0.903. The van der Waals surface area contributed by atoms with Crippen molar-refractivity contribution < 1.29 is 4.79 Å². The van der Waals surface area contributed by atoms with Crippen molar-refractivity contribution in [3.8, 4) is 0 Å². The normalized spacial score (nSPS) is 10.5. The zero-order valence-electron chi connectivity index (χ0n) is 8.99. The van der Waals surface area contributed by atoms with E-state index in [4.69, 9.17) is 0 Å². The van der Waals surface area contributed by atoms with E-state index in [9.17, 15) is 4.79 Å². The maximum absolute atomic E-state index is 10.2. The van der Waals surface area contributed by atoms with Crippen molar-refractivity contribution in [2.75, 3.05) is 20.6 Å². The van der Waals surface area contributed by atoms with Crippen LogP contribution in [0.1, 0.15) is 5.69 Å². The maximum Gasteiger partial charge on any atom is 0.242 e. The molecule has 0 unspecified atom stereocenters. The predicted molar refractivity (Wildman–Crippen MR) is 60.9 cm³/mol. The van der Waals surface area contributed by atoms with Crippen LogP contribution in [0.15, 0.2) is 9.47 Å². The Labute approximate surface area is 96.9 Å². The summed E-state index contributed by atoms with van der Waals surface area (Å²) in [5, 5.41) is 4.27. The van der Waals surface area contributed by atoms with Crippen molar-refractivity contribution in [3.05, 3.63) is 10.2 Å². The van der Waals surface area contributed by atoms with Crippen LogP contribution >= 0.6 is 15.9 Å². The molecule has 0 aliphatic heterocycles. The number of isocyanates is 1. The number of aromatic nitrogens is 2. The van der Waals surface area contributed by atoms with Crippen LogP contribution in [0.5, 0.6) is 0 Å². The van der Waals surface area contributed by atoms with E-state index in [1.54, 1.807) is 11.7 Å². The van der Waals surface area contributed by atoms with Crippen molar-refractivity contribution in [1.82, 2.24) is 14.7 Å². The second-order valence-electron chi connectivity index (χ2n) is 3.46. The first-order valence-electron chi connectivity index (χ1n) is 4.50. The quantitative estimate of drug-likeness (QED) is 0.613. The fourth-order valence-corrected chi connectivity index (χ4v) is 1.82. The number of aryl methyl sites for hydroxylation is 1. The highest BCUT2D eigenvalue weighted by Crippen LogP contribution is 2.28. The van der Waals surface area contributed by atoms with Gasteiger partial charge in [-0.3, -0.25) is 0 Å². The summed E-state index contributed by atoms with van der Waals surface area (Å²) >= 11 is 3.38. The zero-order valence-corrected chi connectivity index (χ0v) is 10.6. The summed E-state index contributed by atoms with van der Waals surface area (Å²) in [6, 6.07) is 0. The lowest BCUT2D eigenvalue weighted by Gasteiger charge is -2.06. The number of likely N-dealkylation sites (N-methyl/N-ethyl adjacent to an activating group) is 1. The highest BCUT2D eigenvalue weighted by atomic mass is 79.9. The molecule has 0 N–H and O–H groups in total. The number of halogens is 1. The van der Waals surface area contributed by atoms with E-state index in [0.29, 0.717) is 5.82 Å². The first-order chi connectivity index (χ1) is 7.06. The molecule has 0 bridgehead atoms. The monoisotopic (exact) mass is 272 g/mol. The molecule has 0 saturated heterocycles. The molecule has 0 amide bonds. The lowest BCUT2D eigenvalue weighted by atomic mass is 10.3. The highest BCUT2D eigenvalue weighted by Gasteiger charge is 2.12. The van der Waals surface area contributed by atoms with Gasteiger partial charge in [0.05, 0.1) is 10.2 Å². The molecule has 0 saturated carbocycles. The Bertz CT molecular complexity index is 393. The van der Waals surface area contributed by atoms with Gasteiger partial charge in [-0.2, -0.15) is 5.10 Å². The molecular formula is C9H13BrN4O. The van der Waals surface area contributed by atoms with Crippen LogP contribution in [0.2, 0.25) is 0 Å². The van der Waals surface area contributed by atoms with Crippen LogP contribution in [-0.2, 0) is 18.3 Å². The Morgan fingerprint density at radius 2 is 2.27 bits per heavy atom. The molecule has 1 aromatic rings. The molecule has 0 fully saturated rings. The molecule has 0 aromatic carbocycles. The van der Waals surface area contributed by atoms with Gasteiger partial charge in [-0.1, -0.05) is 0 Å². The first-order valence-corrected chi connectivity index (χ1v) is 5.29. The molecule has 0 spiro atoms. The van der Waals surface area contributed by atoms with Gasteiger partial charge in [0.1, 0.15) is 0 Å². The standard InChI is InChI=1S/C9H13BrN4O/c1-13(2)5-4-7-8(10)9(11-6-15)14(3)12-7/h4-5H2,1-3H3. The van der Waals surface area contributed by atoms with E-state index >= 15 is 0 Å². The largest absolute Gasteiger partial charge is 0.309 e. The predicted octanol–water partition coefficient (Wildman–Crippen LogP) is 1.25. The van der Waals surface area contributed by atoms with Crippen LogP contribution in [0, 0.1) is 0 Å². The van der Waals surface area contributed by atoms with Crippen molar-refractivity contribution in [1.29, 1.82) is 0 Å². The third-order valence-electron chi connectivity index (χ3n) is 1.97. The summed E-state index contributed by atoms with van der Waals surface area (Å²) in [7, 11) is 5.75. The second kappa shape index (κ2) is 5.21. The molecule has 0 atom stereocenters. The van der Waals surface area contributed by atoms with Crippen molar-refractivity contribution in [3.63, 3.8) is 0 Å². The lowest BCUT2D eigenvalue weighted by molar-refractivity contribution is 0.411. The molecule has 1 rings (SSSR count). The molecule has 82 valence electrons. The van der Waals surface area contributed by atoms with E-state index in [1.165, 1.54) is 6.08 Å². The summed E-state index contributed by atoms with van der Waals surface area (Å²) in [6.45, 7) is 0.903. The average Bonchev–Trinajstić information content (AvgIpc) is 2.43. The minimum absolute atomic E-state index is 0.513. The van der Waals surface area contributed by atoms with Gasteiger partial charge in [-0.15, -0.1) is 4.99 Å². The van der Waals surface area contributed by atoms with E-state index in [1.807, 2.05) is 14.1 Å². The number of hydrogen-bond acceptors (Lipinski definition) is 4. The fourth-order valence-electron chi connectivity index (χ4n) is 1.20. The fraction of sp³-hybridized carbons (Fsp3) is 0.556. The molecular weight excluding hydrogens is 260 g/mol. The Morgan fingerprint density at radius 1 is 1.60 bits per heavy atom. The Morgan fingerprint density at radius 3 is 2.80 bits per heavy atom. The molecule has 6 heteroatoms. The maximum atomic E-state index is 10.2. The van der Waals surface area contributed by atoms with Gasteiger partial charge >= 0.3 is 0 Å². The smallest absolute Gasteiger partial charge is 0.242 e. The zero-order chi connectivity index (χ0) is 11.4. The lowest BCUT2D eigenvalue weighted by Crippen LogP contribution is -2.15. The van der Waals surface area contributed by atoms with Gasteiger partial charge in [-0.25, -0.2) is 9.48 Å². The van der Waals surface area contributed by atoms with E-state index in [2.05, 4.69) is 30.9 Å². The van der Waals surface area contributed by atoms with Crippen molar-refractivity contribution in [2.24, 2.45) is 12.0 Å². The molecule has 15 heavy (non-hydrogen) atoms. The highest BCUT2D eigenvalue weighted by molar-refractivity contribution is 9.10. The summed E-state index contributed by atoms with van der Waals surface area (Å²) in [5.74, 6) is 0.513. The molecule has 5 nitrogen and oxygen atoms in total. The first kappa shape index (κ1) is 12.1. The van der Waals surface area contributed by atoms with E-state index in [0.717, 1.165) is 23.1 Å². The number of hydrogen-bond donors (Lipinski definition) is 0. The SMILES string of the molecule is CN(C)CCc1nn(C)c(N=C=O)c1Br. The Hall–Kier alpha value is -0.970. The summed E-state index contributed by atoms with van der Waals surface area (Å²) in [6.07, 6.45) is 2.33. The molecule has 1 heterocycles. The topological polar surface area (TPSA) is 50.5 Å². The Balaban J connectivity index is 2.91.